The van der Waals surface area contributed by atoms with Crippen LogP contribution < -0.4 is 10.6 Å². The van der Waals surface area contributed by atoms with Crippen LogP contribution in [0.25, 0.3) is 6.08 Å². The molecule has 0 radical (unpaired) electrons. The summed E-state index contributed by atoms with van der Waals surface area (Å²) < 4.78 is 0. The third kappa shape index (κ3) is 5.84. The van der Waals surface area contributed by atoms with Crippen LogP contribution in [0, 0.1) is 0 Å². The van der Waals surface area contributed by atoms with Gasteiger partial charge in [0.05, 0.1) is 0 Å². The van der Waals surface area contributed by atoms with Crippen LogP contribution in [0.5, 0.6) is 0 Å². The Morgan fingerprint density at radius 2 is 2.27 bits per heavy atom. The Morgan fingerprint density at radius 1 is 1.43 bits per heavy atom. The minimum Gasteiger partial charge on any atom is -0.477 e. The van der Waals surface area contributed by atoms with Crippen molar-refractivity contribution in [3.8, 4) is 0 Å². The molecule has 1 fully saturated rings. The van der Waals surface area contributed by atoms with Crippen LogP contribution in [-0.4, -0.2) is 73.7 Å². The van der Waals surface area contributed by atoms with E-state index in [0.29, 0.717) is 17.1 Å². The molecule has 2 aliphatic rings. The summed E-state index contributed by atoms with van der Waals surface area (Å²) in [5, 5.41) is 21.6. The van der Waals surface area contributed by atoms with Crippen molar-refractivity contribution in [3.63, 3.8) is 0 Å². The van der Waals surface area contributed by atoms with Crippen molar-refractivity contribution in [2.45, 2.75) is 18.3 Å². The second-order valence-corrected chi connectivity index (χ2v) is 10.3. The van der Waals surface area contributed by atoms with Crippen LogP contribution in [-0.2, 0) is 24.0 Å². The molecule has 4 heterocycles. The number of thiazole rings is 1. The smallest absolute Gasteiger partial charge is 0.353 e. The van der Waals surface area contributed by atoms with Gasteiger partial charge in [0.25, 0.3) is 11.8 Å². The Balaban J connectivity index is 1.48. The number of thioether (sulfide) groups is 2. The topological polar surface area (TPSA) is 163 Å². The summed E-state index contributed by atoms with van der Waals surface area (Å²) in [5.74, 6) is -2.14. The minimum absolute atomic E-state index is 0.104. The molecule has 4 rings (SSSR count). The quantitative estimate of drug-likeness (QED) is 0.160. The third-order valence-corrected chi connectivity index (χ3v) is 8.14. The van der Waals surface area contributed by atoms with Gasteiger partial charge >= 0.3 is 5.97 Å². The minimum atomic E-state index is -1.23. The van der Waals surface area contributed by atoms with E-state index < -0.39 is 29.2 Å². The van der Waals surface area contributed by atoms with Crippen LogP contribution in [0.15, 0.2) is 51.1 Å². The molecule has 2 aromatic rings. The highest BCUT2D eigenvalue weighted by molar-refractivity contribution is 8.08. The Labute approximate surface area is 223 Å². The zero-order valence-corrected chi connectivity index (χ0v) is 21.6. The first-order valence-corrected chi connectivity index (χ1v) is 13.6. The number of fused-ring (bicyclic) bond motifs is 1. The number of aromatic nitrogens is 2. The third-order valence-electron chi connectivity index (χ3n) is 5.01. The summed E-state index contributed by atoms with van der Waals surface area (Å²) in [6, 6.07) is 2.70. The number of aliphatic carboxylic acids is 1. The van der Waals surface area contributed by atoms with Gasteiger partial charge in [-0.15, -0.1) is 23.1 Å². The second-order valence-electron chi connectivity index (χ2n) is 7.30. The van der Waals surface area contributed by atoms with Gasteiger partial charge in [-0.25, -0.2) is 9.78 Å². The van der Waals surface area contributed by atoms with E-state index in [9.17, 15) is 24.3 Å². The first-order valence-electron chi connectivity index (χ1n) is 10.8. The molecule has 0 bridgehead atoms. The van der Waals surface area contributed by atoms with Crippen LogP contribution in [0.2, 0.25) is 0 Å². The molecule has 37 heavy (non-hydrogen) atoms. The number of nitrogens with one attached hydrogen (secondary N) is 2. The van der Waals surface area contributed by atoms with E-state index in [1.165, 1.54) is 33.8 Å². The molecule has 0 aliphatic carbocycles. The van der Waals surface area contributed by atoms with E-state index in [-0.39, 0.29) is 28.8 Å². The summed E-state index contributed by atoms with van der Waals surface area (Å²) >= 11 is 3.65. The Hall–Kier alpha value is -3.69. The molecule has 3 N–H and O–H groups in total. The molecule has 3 amide bonds. The van der Waals surface area contributed by atoms with E-state index in [2.05, 4.69) is 25.8 Å². The number of pyridine rings is 1. The molecule has 2 aromatic heterocycles. The zero-order chi connectivity index (χ0) is 26.4. The van der Waals surface area contributed by atoms with E-state index in [1.807, 2.05) is 6.07 Å². The van der Waals surface area contributed by atoms with Gasteiger partial charge in [-0.05, 0) is 30.0 Å². The van der Waals surface area contributed by atoms with E-state index in [4.69, 9.17) is 4.84 Å². The number of carboxylic acid groups (broad SMARTS) is 1. The number of carboxylic acids is 1. The fourth-order valence-electron chi connectivity index (χ4n) is 3.39. The Morgan fingerprint density at radius 3 is 2.97 bits per heavy atom. The van der Waals surface area contributed by atoms with Crippen molar-refractivity contribution in [2.24, 2.45) is 5.16 Å². The molecular formula is C22H20N6O6S3. The number of nitrogens with zero attached hydrogens (tertiary/aromatic N) is 4. The largest absolute Gasteiger partial charge is 0.477 e. The van der Waals surface area contributed by atoms with Crippen molar-refractivity contribution < 1.29 is 29.1 Å². The van der Waals surface area contributed by atoms with Gasteiger partial charge in [0.1, 0.15) is 29.4 Å². The Kier molecular flexibility index (Phi) is 8.58. The highest BCUT2D eigenvalue weighted by atomic mass is 32.2. The number of carbonyl (C=O) groups excluding carboxylic acids is 3. The van der Waals surface area contributed by atoms with Crippen LogP contribution >= 0.6 is 34.9 Å². The number of amides is 3. The maximum atomic E-state index is 13.0. The molecule has 1 saturated heterocycles. The highest BCUT2D eigenvalue weighted by Crippen LogP contribution is 2.43. The lowest BCUT2D eigenvalue weighted by molar-refractivity contribution is -0.150. The lowest BCUT2D eigenvalue weighted by Gasteiger charge is -2.49. The number of rotatable bonds is 11. The zero-order valence-electron chi connectivity index (χ0n) is 19.2. The molecule has 12 nitrogen and oxygen atoms in total. The van der Waals surface area contributed by atoms with Gasteiger partial charge in [-0.2, -0.15) is 0 Å². The van der Waals surface area contributed by atoms with Crippen molar-refractivity contribution in [1.29, 1.82) is 0 Å². The standard InChI is InChI=1S/C22H20N6O6S3/c1-2-34-27-15(13-9-37-22(25-13)24-11-29)18(30)26-16-19(31)28-17(21(32)33)14(10-36-20(16)28)35-7-5-12-4-3-6-23-8-12/h3-9,11,16,20H,2,10H2,1H3,(H,26,30)(H,32,33)(H,24,25,29)/b7-5-,27-15?/t16?,20-/m0/s1. The normalized spacial score (nSPS) is 19.3. The van der Waals surface area contributed by atoms with Gasteiger partial charge in [-0.3, -0.25) is 24.3 Å². The van der Waals surface area contributed by atoms with E-state index in [1.54, 1.807) is 36.9 Å². The van der Waals surface area contributed by atoms with E-state index in [0.717, 1.165) is 16.9 Å². The number of β-lactam (4-membered cyclic amide) rings is 1. The van der Waals surface area contributed by atoms with Gasteiger partial charge in [0.2, 0.25) is 6.41 Å². The summed E-state index contributed by atoms with van der Waals surface area (Å²) in [6.45, 7) is 1.88. The van der Waals surface area contributed by atoms with E-state index >= 15 is 0 Å². The monoisotopic (exact) mass is 560 g/mol. The van der Waals surface area contributed by atoms with Crippen molar-refractivity contribution in [3.05, 3.63) is 57.2 Å². The van der Waals surface area contributed by atoms with Gasteiger partial charge < -0.3 is 20.6 Å². The fraction of sp³-hybridized carbons (Fsp3) is 0.227. The molecule has 192 valence electrons. The van der Waals surface area contributed by atoms with Crippen LogP contribution in [0.4, 0.5) is 5.13 Å². The number of hydrogen-bond donors (Lipinski definition) is 3. The molecule has 15 heteroatoms. The van der Waals surface area contributed by atoms with Gasteiger partial charge in [0, 0.05) is 28.4 Å². The average molecular weight is 561 g/mol. The predicted molar refractivity (Wildman–Crippen MR) is 141 cm³/mol. The van der Waals surface area contributed by atoms with Crippen molar-refractivity contribution >= 4 is 76.0 Å². The highest BCUT2D eigenvalue weighted by Gasteiger charge is 2.54. The summed E-state index contributed by atoms with van der Waals surface area (Å²) in [5.41, 5.74) is 0.739. The number of oxime groups is 1. The van der Waals surface area contributed by atoms with Crippen molar-refractivity contribution in [1.82, 2.24) is 20.2 Å². The summed E-state index contributed by atoms with van der Waals surface area (Å²) in [4.78, 5) is 63.6. The van der Waals surface area contributed by atoms with Crippen LogP contribution in [0.3, 0.4) is 0 Å². The van der Waals surface area contributed by atoms with Gasteiger partial charge in [-0.1, -0.05) is 23.0 Å². The van der Waals surface area contributed by atoms with Crippen LogP contribution in [0.1, 0.15) is 18.2 Å². The summed E-state index contributed by atoms with van der Waals surface area (Å²) in [7, 11) is 0. The Bertz CT molecular complexity index is 1290. The molecule has 2 aliphatic heterocycles. The summed E-state index contributed by atoms with van der Waals surface area (Å²) in [6.07, 6.45) is 5.59. The number of anilines is 1. The molecule has 2 atom stereocenters. The lowest BCUT2D eigenvalue weighted by Crippen LogP contribution is -2.71. The molecule has 0 aromatic carbocycles. The second kappa shape index (κ2) is 12.0. The first kappa shape index (κ1) is 26.4. The number of carbonyl (C=O) groups is 4. The molecule has 1 unspecified atom stereocenters. The lowest BCUT2D eigenvalue weighted by atomic mass is 10.0. The average Bonchev–Trinajstić information content (AvgIpc) is 3.36. The fourth-order valence-corrected chi connectivity index (χ4v) is 6.40. The molecule has 0 saturated carbocycles. The first-order chi connectivity index (χ1) is 17.9. The van der Waals surface area contributed by atoms with Crippen molar-refractivity contribution in [2.75, 3.05) is 17.7 Å². The molecular weight excluding hydrogens is 540 g/mol. The molecule has 0 spiro atoms. The van der Waals surface area contributed by atoms with Gasteiger partial charge in [0.15, 0.2) is 10.8 Å². The maximum Gasteiger partial charge on any atom is 0.353 e. The predicted octanol–water partition coefficient (Wildman–Crippen LogP) is 1.95. The maximum absolute atomic E-state index is 13.0. The number of hydrogen-bond acceptors (Lipinski definition) is 11. The SMILES string of the molecule is CCON=C(C(=O)NC1C(=O)N2C(C(=O)O)=C(S/C=C\c3cccnc3)CS[C@@H]12)c1csc(NC=O)n1.